The molecule has 1 atom stereocenters. The molecule has 0 radical (unpaired) electrons. The van der Waals surface area contributed by atoms with Crippen LogP contribution in [0.2, 0.25) is 0 Å². The molecule has 1 heterocycles. The Bertz CT molecular complexity index is 838. The molecule has 0 fully saturated rings. The largest absolute Gasteiger partial charge is 0.402 e. The molecule has 3 N–H and O–H groups in total. The zero-order valence-corrected chi connectivity index (χ0v) is 14.3. The minimum atomic E-state index is -0.667. The van der Waals surface area contributed by atoms with Crippen molar-refractivity contribution in [2.75, 3.05) is 13.1 Å². The number of hydrogen-bond acceptors (Lipinski definition) is 2. The molecule has 3 rings (SSSR count). The molecule has 26 heavy (non-hydrogen) atoms. The molecule has 1 aliphatic rings. The second-order valence-corrected chi connectivity index (χ2v) is 6.35. The van der Waals surface area contributed by atoms with E-state index in [1.165, 1.54) is 12.1 Å². The van der Waals surface area contributed by atoms with Crippen molar-refractivity contribution < 1.29 is 13.6 Å². The molecule has 1 aliphatic heterocycles. The SMILES string of the molecule is C=C(N)CCNC(=O)N1CCc2ccccc2[C@@H]1c1ccc(F)cc1F. The molecule has 2 amide bonds. The third-order valence-corrected chi connectivity index (χ3v) is 4.52. The summed E-state index contributed by atoms with van der Waals surface area (Å²) in [6.45, 7) is 4.39. The van der Waals surface area contributed by atoms with Crippen LogP contribution in [-0.4, -0.2) is 24.0 Å². The van der Waals surface area contributed by atoms with Crippen LogP contribution in [0.1, 0.15) is 29.2 Å². The first kappa shape index (κ1) is 17.9. The van der Waals surface area contributed by atoms with Crippen LogP contribution in [0.4, 0.5) is 13.6 Å². The summed E-state index contributed by atoms with van der Waals surface area (Å²) >= 11 is 0. The Morgan fingerprint density at radius 3 is 2.73 bits per heavy atom. The molecular weight excluding hydrogens is 336 g/mol. The fraction of sp³-hybridized carbons (Fsp3) is 0.250. The van der Waals surface area contributed by atoms with Gasteiger partial charge in [-0.15, -0.1) is 0 Å². The van der Waals surface area contributed by atoms with Crippen molar-refractivity contribution in [3.63, 3.8) is 0 Å². The molecule has 0 saturated heterocycles. The number of benzene rings is 2. The molecule has 6 heteroatoms. The summed E-state index contributed by atoms with van der Waals surface area (Å²) in [7, 11) is 0. The predicted molar refractivity (Wildman–Crippen MR) is 96.4 cm³/mol. The average molecular weight is 357 g/mol. The summed E-state index contributed by atoms with van der Waals surface area (Å²) in [6, 6.07) is 10.2. The van der Waals surface area contributed by atoms with Crippen LogP contribution in [0.25, 0.3) is 0 Å². The van der Waals surface area contributed by atoms with Gasteiger partial charge >= 0.3 is 6.03 Å². The molecule has 0 saturated carbocycles. The Balaban J connectivity index is 1.95. The summed E-state index contributed by atoms with van der Waals surface area (Å²) < 4.78 is 27.9. The van der Waals surface area contributed by atoms with E-state index in [9.17, 15) is 13.6 Å². The van der Waals surface area contributed by atoms with Gasteiger partial charge in [0.25, 0.3) is 0 Å². The van der Waals surface area contributed by atoms with E-state index in [0.29, 0.717) is 31.6 Å². The first-order chi connectivity index (χ1) is 12.5. The number of carbonyl (C=O) groups excluding carboxylic acids is 1. The molecule has 136 valence electrons. The fourth-order valence-electron chi connectivity index (χ4n) is 3.28. The van der Waals surface area contributed by atoms with Crippen LogP contribution in [-0.2, 0) is 6.42 Å². The van der Waals surface area contributed by atoms with Crippen LogP contribution in [0, 0.1) is 11.6 Å². The number of amides is 2. The molecular formula is C20H21F2N3O. The van der Waals surface area contributed by atoms with Gasteiger partial charge in [0.05, 0.1) is 6.04 Å². The van der Waals surface area contributed by atoms with Gasteiger partial charge in [-0.1, -0.05) is 36.9 Å². The quantitative estimate of drug-likeness (QED) is 0.880. The third kappa shape index (κ3) is 3.69. The second-order valence-electron chi connectivity index (χ2n) is 6.35. The maximum Gasteiger partial charge on any atom is 0.318 e. The number of fused-ring (bicyclic) bond motifs is 1. The Labute approximate surface area is 151 Å². The Hall–Kier alpha value is -2.89. The zero-order valence-electron chi connectivity index (χ0n) is 14.3. The highest BCUT2D eigenvalue weighted by Crippen LogP contribution is 2.36. The van der Waals surface area contributed by atoms with Crippen molar-refractivity contribution in [2.45, 2.75) is 18.9 Å². The van der Waals surface area contributed by atoms with E-state index in [1.807, 2.05) is 24.3 Å². The van der Waals surface area contributed by atoms with E-state index in [1.54, 1.807) is 4.90 Å². The van der Waals surface area contributed by atoms with Crippen LogP contribution >= 0.6 is 0 Å². The standard InChI is InChI=1S/C20H21F2N3O/c1-13(23)8-10-24-20(26)25-11-9-14-4-2-3-5-16(14)19(25)17-7-6-15(21)12-18(17)22/h2-7,12,19H,1,8-11,23H2,(H,24,26)/t19-/m1/s1. The van der Waals surface area contributed by atoms with Crippen LogP contribution in [0.15, 0.2) is 54.7 Å². The number of halogens is 2. The van der Waals surface area contributed by atoms with E-state index in [4.69, 9.17) is 5.73 Å². The van der Waals surface area contributed by atoms with Crippen LogP contribution < -0.4 is 11.1 Å². The number of urea groups is 1. The van der Waals surface area contributed by atoms with Gasteiger partial charge in [-0.05, 0) is 23.6 Å². The lowest BCUT2D eigenvalue weighted by Gasteiger charge is -2.37. The minimum Gasteiger partial charge on any atom is -0.402 e. The topological polar surface area (TPSA) is 58.4 Å². The van der Waals surface area contributed by atoms with Gasteiger partial charge in [0.2, 0.25) is 0 Å². The number of carbonyl (C=O) groups is 1. The highest BCUT2D eigenvalue weighted by atomic mass is 19.1. The van der Waals surface area contributed by atoms with Gasteiger partial charge < -0.3 is 16.0 Å². The van der Waals surface area contributed by atoms with Crippen molar-refractivity contribution in [3.05, 3.63) is 83.1 Å². The predicted octanol–water partition coefficient (Wildman–Crippen LogP) is 3.48. The number of nitrogens with two attached hydrogens (primary N) is 1. The Morgan fingerprint density at radius 2 is 2.00 bits per heavy atom. The zero-order chi connectivity index (χ0) is 18.7. The summed E-state index contributed by atoms with van der Waals surface area (Å²) in [6.07, 6.45) is 1.14. The van der Waals surface area contributed by atoms with E-state index in [-0.39, 0.29) is 11.6 Å². The molecule has 0 bridgehead atoms. The van der Waals surface area contributed by atoms with Crippen LogP contribution in [0.5, 0.6) is 0 Å². The highest BCUT2D eigenvalue weighted by molar-refractivity contribution is 5.76. The number of rotatable bonds is 4. The number of nitrogens with one attached hydrogen (secondary N) is 1. The van der Waals surface area contributed by atoms with Crippen molar-refractivity contribution in [1.29, 1.82) is 0 Å². The first-order valence-corrected chi connectivity index (χ1v) is 8.48. The number of hydrogen-bond donors (Lipinski definition) is 2. The van der Waals surface area contributed by atoms with Gasteiger partial charge in [-0.2, -0.15) is 0 Å². The summed E-state index contributed by atoms with van der Waals surface area (Å²) in [5, 5.41) is 2.79. The van der Waals surface area contributed by atoms with Crippen molar-refractivity contribution in [3.8, 4) is 0 Å². The normalized spacial score (nSPS) is 16.1. The van der Waals surface area contributed by atoms with Crippen LogP contribution in [0.3, 0.4) is 0 Å². The average Bonchev–Trinajstić information content (AvgIpc) is 2.60. The van der Waals surface area contributed by atoms with E-state index in [0.717, 1.165) is 17.2 Å². The maximum atomic E-state index is 14.5. The molecule has 0 aliphatic carbocycles. The third-order valence-electron chi connectivity index (χ3n) is 4.52. The molecule has 2 aromatic rings. The summed E-state index contributed by atoms with van der Waals surface area (Å²) in [5.74, 6) is -1.31. The monoisotopic (exact) mass is 357 g/mol. The maximum absolute atomic E-state index is 14.5. The Kier molecular flexibility index (Phi) is 5.21. The van der Waals surface area contributed by atoms with Crippen molar-refractivity contribution in [1.82, 2.24) is 10.2 Å². The molecule has 0 aromatic heterocycles. The Morgan fingerprint density at radius 1 is 1.23 bits per heavy atom. The lowest BCUT2D eigenvalue weighted by Crippen LogP contribution is -2.46. The number of nitrogens with zero attached hydrogens (tertiary/aromatic N) is 1. The van der Waals surface area contributed by atoms with Gasteiger partial charge in [0, 0.05) is 36.8 Å². The van der Waals surface area contributed by atoms with E-state index in [2.05, 4.69) is 11.9 Å². The first-order valence-electron chi connectivity index (χ1n) is 8.48. The highest BCUT2D eigenvalue weighted by Gasteiger charge is 2.33. The molecule has 0 unspecified atom stereocenters. The van der Waals surface area contributed by atoms with E-state index < -0.39 is 17.7 Å². The van der Waals surface area contributed by atoms with Crippen molar-refractivity contribution >= 4 is 6.03 Å². The molecule has 2 aromatic carbocycles. The van der Waals surface area contributed by atoms with Gasteiger partial charge in [0.1, 0.15) is 11.6 Å². The lowest BCUT2D eigenvalue weighted by atomic mass is 9.88. The molecule has 4 nitrogen and oxygen atoms in total. The van der Waals surface area contributed by atoms with Gasteiger partial charge in [0.15, 0.2) is 0 Å². The molecule has 0 spiro atoms. The summed E-state index contributed by atoms with van der Waals surface area (Å²) in [4.78, 5) is 14.3. The van der Waals surface area contributed by atoms with E-state index >= 15 is 0 Å². The van der Waals surface area contributed by atoms with Gasteiger partial charge in [-0.3, -0.25) is 0 Å². The smallest absolute Gasteiger partial charge is 0.318 e. The second kappa shape index (κ2) is 7.56. The summed E-state index contributed by atoms with van der Waals surface area (Å²) in [5.41, 5.74) is 8.19. The van der Waals surface area contributed by atoms with Gasteiger partial charge in [-0.25, -0.2) is 13.6 Å². The van der Waals surface area contributed by atoms with Crippen molar-refractivity contribution in [2.24, 2.45) is 5.73 Å². The lowest BCUT2D eigenvalue weighted by molar-refractivity contribution is 0.179. The minimum absolute atomic E-state index is 0.275. The fourth-order valence-corrected chi connectivity index (χ4v) is 3.28.